The lowest BCUT2D eigenvalue weighted by molar-refractivity contribution is -0.164. The van der Waals surface area contributed by atoms with Crippen LogP contribution in [0.5, 0.6) is 0 Å². The summed E-state index contributed by atoms with van der Waals surface area (Å²) in [4.78, 5) is 30.1. The van der Waals surface area contributed by atoms with Crippen LogP contribution in [-0.4, -0.2) is 53.1 Å². The number of amides is 2. The van der Waals surface area contributed by atoms with Gasteiger partial charge >= 0.3 is 0 Å². The van der Waals surface area contributed by atoms with Gasteiger partial charge < -0.3 is 9.64 Å². The lowest BCUT2D eigenvalue weighted by Crippen LogP contribution is -2.57. The molecule has 5 heteroatoms. The molecule has 3 aliphatic rings. The van der Waals surface area contributed by atoms with Crippen molar-refractivity contribution in [1.82, 2.24) is 9.80 Å². The highest BCUT2D eigenvalue weighted by atomic mass is 16.5. The molecule has 3 fully saturated rings. The van der Waals surface area contributed by atoms with E-state index in [1.54, 1.807) is 0 Å². The van der Waals surface area contributed by atoms with Crippen molar-refractivity contribution in [2.24, 2.45) is 11.3 Å². The number of hydrogen-bond donors (Lipinski definition) is 0. The zero-order valence-corrected chi connectivity index (χ0v) is 16.3. The molecule has 0 bridgehead atoms. The monoisotopic (exact) mass is 350 g/mol. The molecule has 25 heavy (non-hydrogen) atoms. The normalized spacial score (nSPS) is 33.3. The Morgan fingerprint density at radius 2 is 1.72 bits per heavy atom. The van der Waals surface area contributed by atoms with Crippen LogP contribution in [0.15, 0.2) is 0 Å². The van der Waals surface area contributed by atoms with E-state index in [0.29, 0.717) is 18.9 Å². The summed E-state index contributed by atoms with van der Waals surface area (Å²) in [7, 11) is 0. The Morgan fingerprint density at radius 3 is 2.28 bits per heavy atom. The minimum absolute atomic E-state index is 0.0806. The van der Waals surface area contributed by atoms with Gasteiger partial charge in [0.05, 0.1) is 6.61 Å². The molecule has 0 radical (unpaired) electrons. The minimum Gasteiger partial charge on any atom is -0.353 e. The average Bonchev–Trinajstić information content (AvgIpc) is 3.16. The highest BCUT2D eigenvalue weighted by Crippen LogP contribution is 2.43. The van der Waals surface area contributed by atoms with Crippen molar-refractivity contribution in [3.05, 3.63) is 0 Å². The van der Waals surface area contributed by atoms with Gasteiger partial charge in [0.2, 0.25) is 11.8 Å². The summed E-state index contributed by atoms with van der Waals surface area (Å²) >= 11 is 0. The molecule has 1 saturated carbocycles. The minimum atomic E-state index is -0.547. The lowest BCUT2D eigenvalue weighted by atomic mass is 9.82. The van der Waals surface area contributed by atoms with Gasteiger partial charge in [-0.2, -0.15) is 0 Å². The van der Waals surface area contributed by atoms with E-state index in [9.17, 15) is 9.59 Å². The molecular weight excluding hydrogens is 316 g/mol. The average molecular weight is 351 g/mol. The summed E-state index contributed by atoms with van der Waals surface area (Å²) in [5.74, 6) is 0.842. The Kier molecular flexibility index (Phi) is 5.16. The molecule has 1 aliphatic carbocycles. The van der Waals surface area contributed by atoms with E-state index in [2.05, 4.69) is 27.7 Å². The van der Waals surface area contributed by atoms with E-state index in [1.165, 1.54) is 0 Å². The number of nitrogens with zero attached hydrogens (tertiary/aromatic N) is 2. The van der Waals surface area contributed by atoms with Gasteiger partial charge in [0.15, 0.2) is 0 Å². The van der Waals surface area contributed by atoms with Crippen LogP contribution < -0.4 is 0 Å². The first kappa shape index (κ1) is 18.7. The highest BCUT2D eigenvalue weighted by Gasteiger charge is 2.54. The smallest absolute Gasteiger partial charge is 0.247 e. The van der Waals surface area contributed by atoms with Crippen LogP contribution in [0.25, 0.3) is 0 Å². The maximum absolute atomic E-state index is 13.2. The van der Waals surface area contributed by atoms with Crippen LogP contribution in [0.1, 0.15) is 72.6 Å². The third kappa shape index (κ3) is 3.86. The molecule has 1 spiro atoms. The maximum atomic E-state index is 13.2. The third-order valence-electron chi connectivity index (χ3n) is 5.97. The maximum Gasteiger partial charge on any atom is 0.247 e. The largest absolute Gasteiger partial charge is 0.353 e. The van der Waals surface area contributed by atoms with E-state index in [-0.39, 0.29) is 17.2 Å². The van der Waals surface area contributed by atoms with Gasteiger partial charge in [-0.15, -0.1) is 0 Å². The van der Waals surface area contributed by atoms with Crippen LogP contribution in [-0.2, 0) is 14.3 Å². The first-order valence-corrected chi connectivity index (χ1v) is 9.97. The molecule has 0 unspecified atom stereocenters. The molecule has 142 valence electrons. The first-order valence-electron chi connectivity index (χ1n) is 9.97. The second-order valence-electron chi connectivity index (χ2n) is 9.49. The molecule has 2 aliphatic heterocycles. The molecule has 0 aromatic carbocycles. The molecule has 0 aromatic heterocycles. The number of hydrogen-bond acceptors (Lipinski definition) is 3. The molecule has 1 atom stereocenters. The van der Waals surface area contributed by atoms with E-state index in [4.69, 9.17) is 4.74 Å². The van der Waals surface area contributed by atoms with Crippen LogP contribution >= 0.6 is 0 Å². The Bertz CT molecular complexity index is 512. The predicted octanol–water partition coefficient (Wildman–Crippen LogP) is 3.18. The topological polar surface area (TPSA) is 49.9 Å². The lowest BCUT2D eigenvalue weighted by Gasteiger charge is -2.44. The SMILES string of the molecule is CC1CCC2(CC1)OC[C@@H](C(=O)N1CCCC1)N2C(=O)CC(C)(C)C. The van der Waals surface area contributed by atoms with Crippen LogP contribution in [0.4, 0.5) is 0 Å². The van der Waals surface area contributed by atoms with Crippen molar-refractivity contribution >= 4 is 11.8 Å². The predicted molar refractivity (Wildman–Crippen MR) is 96.8 cm³/mol. The van der Waals surface area contributed by atoms with Crippen LogP contribution in [0.2, 0.25) is 0 Å². The first-order chi connectivity index (χ1) is 11.7. The standard InChI is InChI=1S/C20H34N2O3/c1-15-7-9-20(10-8-15)22(17(23)13-19(2,3)4)16(14-25-20)18(24)21-11-5-6-12-21/h15-16H,5-14H2,1-4H3/t15?,16-,20?/m0/s1. The second kappa shape index (κ2) is 6.90. The fraction of sp³-hybridized carbons (Fsp3) is 0.900. The van der Waals surface area contributed by atoms with Crippen molar-refractivity contribution in [3.8, 4) is 0 Å². The van der Waals surface area contributed by atoms with Crippen molar-refractivity contribution in [3.63, 3.8) is 0 Å². The summed E-state index contributed by atoms with van der Waals surface area (Å²) in [5, 5.41) is 0. The molecule has 0 aromatic rings. The van der Waals surface area contributed by atoms with Crippen LogP contribution in [0, 0.1) is 11.3 Å². The number of carbonyl (C=O) groups excluding carboxylic acids is 2. The van der Waals surface area contributed by atoms with E-state index in [1.807, 2.05) is 9.80 Å². The summed E-state index contributed by atoms with van der Waals surface area (Å²) in [6, 6.07) is -0.429. The van der Waals surface area contributed by atoms with Gasteiger partial charge in [-0.3, -0.25) is 14.5 Å². The van der Waals surface area contributed by atoms with Gasteiger partial charge in [-0.05, 0) is 49.9 Å². The van der Waals surface area contributed by atoms with E-state index in [0.717, 1.165) is 51.6 Å². The second-order valence-corrected chi connectivity index (χ2v) is 9.49. The Hall–Kier alpha value is -1.10. The van der Waals surface area contributed by atoms with Gasteiger partial charge in [-0.1, -0.05) is 27.7 Å². The summed E-state index contributed by atoms with van der Waals surface area (Å²) in [6.45, 7) is 10.5. The van der Waals surface area contributed by atoms with Gasteiger partial charge in [0, 0.05) is 19.5 Å². The number of rotatable bonds is 2. The molecule has 2 heterocycles. The molecule has 3 rings (SSSR count). The van der Waals surface area contributed by atoms with Crippen molar-refractivity contribution in [2.45, 2.75) is 84.4 Å². The number of carbonyl (C=O) groups is 2. The summed E-state index contributed by atoms with van der Waals surface area (Å²) < 4.78 is 6.23. The third-order valence-corrected chi connectivity index (χ3v) is 5.97. The van der Waals surface area contributed by atoms with E-state index >= 15 is 0 Å². The molecule has 0 N–H and O–H groups in total. The Labute approximate surface area is 152 Å². The van der Waals surface area contributed by atoms with Crippen LogP contribution in [0.3, 0.4) is 0 Å². The van der Waals surface area contributed by atoms with Gasteiger partial charge in [0.25, 0.3) is 0 Å². The van der Waals surface area contributed by atoms with E-state index < -0.39 is 11.8 Å². The summed E-state index contributed by atoms with van der Waals surface area (Å²) in [5.41, 5.74) is -0.640. The fourth-order valence-corrected chi connectivity index (χ4v) is 4.53. The van der Waals surface area contributed by atoms with Crippen molar-refractivity contribution < 1.29 is 14.3 Å². The quantitative estimate of drug-likeness (QED) is 0.768. The Morgan fingerprint density at radius 1 is 1.12 bits per heavy atom. The molecule has 5 nitrogen and oxygen atoms in total. The molecular formula is C20H34N2O3. The molecule has 2 saturated heterocycles. The van der Waals surface area contributed by atoms with Crippen molar-refractivity contribution in [2.75, 3.05) is 19.7 Å². The highest BCUT2D eigenvalue weighted by molar-refractivity contribution is 5.89. The van der Waals surface area contributed by atoms with Crippen molar-refractivity contribution in [1.29, 1.82) is 0 Å². The number of ether oxygens (including phenoxy) is 1. The Balaban J connectivity index is 1.84. The fourth-order valence-electron chi connectivity index (χ4n) is 4.53. The molecule has 2 amide bonds. The summed E-state index contributed by atoms with van der Waals surface area (Å²) in [6.07, 6.45) is 6.42. The van der Waals surface area contributed by atoms with Gasteiger partial charge in [0.1, 0.15) is 11.8 Å². The number of likely N-dealkylation sites (tertiary alicyclic amines) is 1. The zero-order chi connectivity index (χ0) is 18.2. The zero-order valence-electron chi connectivity index (χ0n) is 16.3. The van der Waals surface area contributed by atoms with Gasteiger partial charge in [-0.25, -0.2) is 0 Å².